The van der Waals surface area contributed by atoms with Crippen molar-refractivity contribution in [3.05, 3.63) is 51.2 Å². The quantitative estimate of drug-likeness (QED) is 0.610. The molecular weight excluding hydrogens is 434 g/mol. The second-order valence-corrected chi connectivity index (χ2v) is 10.7. The van der Waals surface area contributed by atoms with E-state index in [-0.39, 0.29) is 30.6 Å². The first-order chi connectivity index (χ1) is 15.8. The molecule has 3 amide bonds. The first kappa shape index (κ1) is 23.6. The SMILES string of the molecule is Cc1ccc(OCC2c3ccsc3CCN2C(=O)CN(CC2CC2)C(=O)NC(C)C)c(C)c1. The first-order valence-electron chi connectivity index (χ1n) is 11.9. The van der Waals surface area contributed by atoms with E-state index < -0.39 is 0 Å². The van der Waals surface area contributed by atoms with Gasteiger partial charge in [-0.2, -0.15) is 0 Å². The zero-order valence-electron chi connectivity index (χ0n) is 20.1. The number of thiophene rings is 1. The van der Waals surface area contributed by atoms with Crippen LogP contribution in [0.3, 0.4) is 0 Å². The molecule has 1 N–H and O–H groups in total. The van der Waals surface area contributed by atoms with Crippen LogP contribution in [0.25, 0.3) is 0 Å². The highest BCUT2D eigenvalue weighted by Gasteiger charge is 2.35. The van der Waals surface area contributed by atoms with Gasteiger partial charge in [-0.15, -0.1) is 11.3 Å². The summed E-state index contributed by atoms with van der Waals surface area (Å²) in [6, 6.07) is 8.01. The third-order valence-electron chi connectivity index (χ3n) is 6.34. The number of benzene rings is 1. The summed E-state index contributed by atoms with van der Waals surface area (Å²) >= 11 is 1.74. The fourth-order valence-electron chi connectivity index (χ4n) is 4.43. The van der Waals surface area contributed by atoms with Crippen LogP contribution in [0.1, 0.15) is 54.3 Å². The molecule has 0 radical (unpaired) electrons. The minimum Gasteiger partial charge on any atom is -0.491 e. The summed E-state index contributed by atoms with van der Waals surface area (Å²) in [5.41, 5.74) is 3.46. The molecule has 1 fully saturated rings. The molecule has 0 spiro atoms. The van der Waals surface area contributed by atoms with Gasteiger partial charge in [0, 0.05) is 24.0 Å². The number of ether oxygens (including phenoxy) is 1. The highest BCUT2D eigenvalue weighted by molar-refractivity contribution is 7.10. The van der Waals surface area contributed by atoms with Gasteiger partial charge in [-0.05, 0) is 81.5 Å². The molecule has 4 rings (SSSR count). The summed E-state index contributed by atoms with van der Waals surface area (Å²) in [4.78, 5) is 31.2. The van der Waals surface area contributed by atoms with E-state index in [2.05, 4.69) is 29.8 Å². The molecule has 1 unspecified atom stereocenters. The van der Waals surface area contributed by atoms with E-state index in [1.807, 2.05) is 37.8 Å². The van der Waals surface area contributed by atoms with Crippen LogP contribution in [0.5, 0.6) is 5.75 Å². The van der Waals surface area contributed by atoms with Crippen LogP contribution in [-0.4, -0.2) is 54.0 Å². The number of nitrogens with one attached hydrogen (secondary N) is 1. The fourth-order valence-corrected chi connectivity index (χ4v) is 5.36. The van der Waals surface area contributed by atoms with Gasteiger partial charge in [0.25, 0.3) is 0 Å². The van der Waals surface area contributed by atoms with Gasteiger partial charge in [0.2, 0.25) is 5.91 Å². The van der Waals surface area contributed by atoms with Crippen molar-refractivity contribution >= 4 is 23.3 Å². The van der Waals surface area contributed by atoms with Crippen LogP contribution in [0.15, 0.2) is 29.6 Å². The molecule has 1 aliphatic carbocycles. The lowest BCUT2D eigenvalue weighted by Crippen LogP contribution is -2.51. The maximum Gasteiger partial charge on any atom is 0.318 e. The third kappa shape index (κ3) is 5.88. The summed E-state index contributed by atoms with van der Waals surface area (Å²) < 4.78 is 6.24. The Bertz CT molecular complexity index is 998. The monoisotopic (exact) mass is 469 g/mol. The topological polar surface area (TPSA) is 61.9 Å². The molecule has 2 aromatic rings. The number of rotatable bonds is 8. The summed E-state index contributed by atoms with van der Waals surface area (Å²) in [5.74, 6) is 1.35. The van der Waals surface area contributed by atoms with Crippen molar-refractivity contribution in [3.8, 4) is 5.75 Å². The number of fused-ring (bicyclic) bond motifs is 1. The van der Waals surface area contributed by atoms with Gasteiger partial charge in [0.15, 0.2) is 0 Å². The zero-order valence-corrected chi connectivity index (χ0v) is 20.9. The Kier molecular flexibility index (Phi) is 7.27. The van der Waals surface area contributed by atoms with Crippen molar-refractivity contribution < 1.29 is 14.3 Å². The molecule has 1 aromatic carbocycles. The summed E-state index contributed by atoms with van der Waals surface area (Å²) in [6.45, 7) is 9.80. The number of hydrogen-bond acceptors (Lipinski definition) is 4. The van der Waals surface area contributed by atoms with E-state index in [0.29, 0.717) is 25.6 Å². The third-order valence-corrected chi connectivity index (χ3v) is 7.34. The van der Waals surface area contributed by atoms with E-state index in [0.717, 1.165) is 30.6 Å². The van der Waals surface area contributed by atoms with Crippen molar-refractivity contribution in [1.82, 2.24) is 15.1 Å². The Hall–Kier alpha value is -2.54. The predicted molar refractivity (Wildman–Crippen MR) is 132 cm³/mol. The van der Waals surface area contributed by atoms with Crippen LogP contribution in [0.2, 0.25) is 0 Å². The van der Waals surface area contributed by atoms with Gasteiger partial charge in [-0.3, -0.25) is 4.79 Å². The molecular formula is C26H35N3O3S. The Labute approximate surface area is 200 Å². The minimum absolute atomic E-state index is 0.0133. The standard InChI is InChI=1S/C26H35N3O3S/c1-17(2)27-26(31)28(14-20-6-7-20)15-25(30)29-11-9-24-21(10-12-33-24)22(29)16-32-23-8-5-18(3)13-19(23)4/h5,8,10,12-13,17,20,22H,6-7,9,11,14-16H2,1-4H3,(H,27,31). The van der Waals surface area contributed by atoms with E-state index in [1.165, 1.54) is 16.0 Å². The van der Waals surface area contributed by atoms with E-state index in [1.54, 1.807) is 16.2 Å². The number of carbonyl (C=O) groups is 2. The lowest BCUT2D eigenvalue weighted by molar-refractivity contribution is -0.135. The van der Waals surface area contributed by atoms with Crippen LogP contribution < -0.4 is 10.1 Å². The number of aryl methyl sites for hydroxylation is 2. The molecule has 6 nitrogen and oxygen atoms in total. The van der Waals surface area contributed by atoms with E-state index in [9.17, 15) is 9.59 Å². The van der Waals surface area contributed by atoms with Crippen molar-refractivity contribution in [2.75, 3.05) is 26.2 Å². The Morgan fingerprint density at radius 1 is 1.24 bits per heavy atom. The maximum absolute atomic E-state index is 13.5. The van der Waals surface area contributed by atoms with Crippen molar-refractivity contribution in [1.29, 1.82) is 0 Å². The summed E-state index contributed by atoms with van der Waals surface area (Å²) in [5, 5.41) is 5.05. The zero-order chi connectivity index (χ0) is 23.5. The average molecular weight is 470 g/mol. The molecule has 0 saturated heterocycles. The summed E-state index contributed by atoms with van der Waals surface area (Å²) in [7, 11) is 0. The van der Waals surface area contributed by atoms with Crippen LogP contribution in [0, 0.1) is 19.8 Å². The number of urea groups is 1. The van der Waals surface area contributed by atoms with E-state index >= 15 is 0 Å². The molecule has 0 bridgehead atoms. The second-order valence-electron chi connectivity index (χ2n) is 9.66. The number of amides is 3. The molecule has 2 heterocycles. The van der Waals surface area contributed by atoms with Crippen LogP contribution >= 0.6 is 11.3 Å². The average Bonchev–Trinajstić information content (AvgIpc) is 3.44. The molecule has 2 aliphatic rings. The number of hydrogen-bond donors (Lipinski definition) is 1. The van der Waals surface area contributed by atoms with Crippen molar-refractivity contribution in [2.45, 2.75) is 59.0 Å². The normalized spacial score (nSPS) is 17.6. The van der Waals surface area contributed by atoms with E-state index in [4.69, 9.17) is 4.74 Å². The predicted octanol–water partition coefficient (Wildman–Crippen LogP) is 4.70. The van der Waals surface area contributed by atoms with Gasteiger partial charge in [-0.1, -0.05) is 17.7 Å². The molecule has 178 valence electrons. The molecule has 1 aromatic heterocycles. The molecule has 1 saturated carbocycles. The smallest absolute Gasteiger partial charge is 0.318 e. The second kappa shape index (κ2) is 10.2. The van der Waals surface area contributed by atoms with Gasteiger partial charge in [0.1, 0.15) is 18.9 Å². The minimum atomic E-state index is -0.151. The largest absolute Gasteiger partial charge is 0.491 e. The van der Waals surface area contributed by atoms with Crippen LogP contribution in [0.4, 0.5) is 4.79 Å². The van der Waals surface area contributed by atoms with Crippen molar-refractivity contribution in [2.24, 2.45) is 5.92 Å². The van der Waals surface area contributed by atoms with Gasteiger partial charge in [0.05, 0.1) is 6.04 Å². The molecule has 1 aliphatic heterocycles. The number of carbonyl (C=O) groups excluding carboxylic acids is 2. The first-order valence-corrected chi connectivity index (χ1v) is 12.8. The highest BCUT2D eigenvalue weighted by Crippen LogP contribution is 2.35. The Morgan fingerprint density at radius 3 is 2.73 bits per heavy atom. The lowest BCUT2D eigenvalue weighted by atomic mass is 10.00. The summed E-state index contributed by atoms with van der Waals surface area (Å²) in [6.07, 6.45) is 3.11. The van der Waals surface area contributed by atoms with Gasteiger partial charge < -0.3 is 19.9 Å². The van der Waals surface area contributed by atoms with Crippen molar-refractivity contribution in [3.63, 3.8) is 0 Å². The van der Waals surface area contributed by atoms with Gasteiger partial charge in [-0.25, -0.2) is 4.79 Å². The highest BCUT2D eigenvalue weighted by atomic mass is 32.1. The molecule has 1 atom stereocenters. The fraction of sp³-hybridized carbons (Fsp3) is 0.538. The van der Waals surface area contributed by atoms with Gasteiger partial charge >= 0.3 is 6.03 Å². The Balaban J connectivity index is 1.49. The number of nitrogens with zero attached hydrogens (tertiary/aromatic N) is 2. The molecule has 33 heavy (non-hydrogen) atoms. The lowest BCUT2D eigenvalue weighted by Gasteiger charge is -2.37. The maximum atomic E-state index is 13.5. The molecule has 7 heteroatoms. The Morgan fingerprint density at radius 2 is 2.03 bits per heavy atom. The van der Waals surface area contributed by atoms with Crippen LogP contribution in [-0.2, 0) is 11.2 Å².